The van der Waals surface area contributed by atoms with E-state index in [1.807, 2.05) is 5.73 Å². The lowest BCUT2D eigenvalue weighted by atomic mass is 9.99. The molecule has 0 saturated heterocycles. The SMILES string of the molecule is [2H]N[C@H](C(=O)O[C@@H]([C@H](O)[C@H](O)CO)[C@@H](O)C=O)[C@@H](C)CC. The molecule has 0 aromatic heterocycles. The van der Waals surface area contributed by atoms with Gasteiger partial charge in [-0.15, -0.1) is 0 Å². The predicted octanol–water partition coefficient (Wildman–Crippen LogP) is -2.45. The molecule has 0 bridgehead atoms. The molecule has 0 amide bonds. The van der Waals surface area contributed by atoms with Gasteiger partial charge in [-0.1, -0.05) is 20.3 Å². The molecular weight excluding hydrogens is 270 g/mol. The van der Waals surface area contributed by atoms with Gasteiger partial charge in [-0.3, -0.25) is 4.79 Å². The molecule has 0 aliphatic heterocycles. The van der Waals surface area contributed by atoms with E-state index in [-0.39, 0.29) is 12.2 Å². The average molecular weight is 294 g/mol. The van der Waals surface area contributed by atoms with Gasteiger partial charge >= 0.3 is 5.97 Å². The van der Waals surface area contributed by atoms with E-state index >= 15 is 0 Å². The maximum atomic E-state index is 11.9. The number of nitrogens with two attached hydrogens (primary N) is 1. The van der Waals surface area contributed by atoms with Gasteiger partial charge in [-0.2, -0.15) is 0 Å². The first-order chi connectivity index (χ1) is 9.83. The van der Waals surface area contributed by atoms with Crippen molar-refractivity contribution in [2.75, 3.05) is 6.61 Å². The van der Waals surface area contributed by atoms with Crippen LogP contribution in [0, 0.1) is 5.92 Å². The highest BCUT2D eigenvalue weighted by atomic mass is 16.6. The van der Waals surface area contributed by atoms with Crippen LogP contribution in [0.4, 0.5) is 0 Å². The van der Waals surface area contributed by atoms with Crippen molar-refractivity contribution in [3.05, 3.63) is 0 Å². The summed E-state index contributed by atoms with van der Waals surface area (Å²) < 4.78 is 12.0. The number of hydrogen-bond acceptors (Lipinski definition) is 8. The number of aliphatic hydroxyl groups excluding tert-OH is 4. The van der Waals surface area contributed by atoms with E-state index in [9.17, 15) is 24.9 Å². The minimum Gasteiger partial charge on any atom is -0.455 e. The van der Waals surface area contributed by atoms with Gasteiger partial charge in [0, 0.05) is 0 Å². The molecule has 0 heterocycles. The van der Waals surface area contributed by atoms with Crippen LogP contribution in [0.2, 0.25) is 1.41 Å². The lowest BCUT2D eigenvalue weighted by Crippen LogP contribution is -2.51. The van der Waals surface area contributed by atoms with Gasteiger partial charge in [-0.05, 0) is 5.92 Å². The summed E-state index contributed by atoms with van der Waals surface area (Å²) in [7, 11) is 0. The molecule has 0 radical (unpaired) electrons. The molecule has 0 spiro atoms. The molecule has 0 saturated carbocycles. The Morgan fingerprint density at radius 3 is 2.45 bits per heavy atom. The fourth-order valence-corrected chi connectivity index (χ4v) is 1.42. The number of carbonyl (C=O) groups excluding carboxylic acids is 2. The van der Waals surface area contributed by atoms with Crippen molar-refractivity contribution in [1.82, 2.24) is 0 Å². The molecule has 0 unspecified atom stereocenters. The minimum atomic E-state index is -1.87. The van der Waals surface area contributed by atoms with Crippen LogP contribution >= 0.6 is 0 Å². The number of hydrogen-bond donors (Lipinski definition) is 5. The quantitative estimate of drug-likeness (QED) is 0.220. The molecule has 8 nitrogen and oxygen atoms in total. The monoisotopic (exact) mass is 294 g/mol. The highest BCUT2D eigenvalue weighted by Crippen LogP contribution is 2.13. The fourth-order valence-electron chi connectivity index (χ4n) is 1.42. The molecule has 0 aliphatic rings. The van der Waals surface area contributed by atoms with Crippen molar-refractivity contribution < 1.29 is 36.2 Å². The second-order valence-corrected chi connectivity index (χ2v) is 4.63. The summed E-state index contributed by atoms with van der Waals surface area (Å²) in [5, 5.41) is 37.3. The van der Waals surface area contributed by atoms with E-state index < -0.39 is 43.0 Å². The zero-order chi connectivity index (χ0) is 16.6. The van der Waals surface area contributed by atoms with Gasteiger partial charge in [0.1, 0.15) is 25.8 Å². The first-order valence-corrected chi connectivity index (χ1v) is 6.32. The maximum Gasteiger partial charge on any atom is 0.323 e. The standard InChI is InChI=1S/C12H23NO7/c1-3-6(2)9(13)12(19)20-11(8(17)5-15)10(18)7(16)4-14/h5-11,14,16-18H,3-4,13H2,1-2H3/t6-,7+,8-,9-,10+,11+/m0/s1/i/hD. The van der Waals surface area contributed by atoms with Gasteiger partial charge in [0.15, 0.2) is 12.4 Å². The zero-order valence-electron chi connectivity index (χ0n) is 12.5. The first-order valence-electron chi connectivity index (χ1n) is 6.82. The maximum absolute atomic E-state index is 11.9. The van der Waals surface area contributed by atoms with Crippen LogP contribution in [0.3, 0.4) is 0 Å². The largest absolute Gasteiger partial charge is 0.455 e. The lowest BCUT2D eigenvalue weighted by molar-refractivity contribution is -0.176. The summed E-state index contributed by atoms with van der Waals surface area (Å²) in [4.78, 5) is 22.6. The van der Waals surface area contributed by atoms with Crippen LogP contribution in [-0.4, -0.2) is 69.7 Å². The molecule has 0 rings (SSSR count). The summed E-state index contributed by atoms with van der Waals surface area (Å²) in [5.74, 6) is -1.21. The molecule has 0 fully saturated rings. The number of rotatable bonds is 10. The number of carbonyl (C=O) groups is 2. The Hall–Kier alpha value is -1.06. The highest BCUT2D eigenvalue weighted by molar-refractivity contribution is 5.76. The van der Waals surface area contributed by atoms with Crippen molar-refractivity contribution in [2.45, 2.75) is 50.7 Å². The average Bonchev–Trinajstić information content (AvgIpc) is 2.50. The highest BCUT2D eigenvalue weighted by Gasteiger charge is 2.36. The van der Waals surface area contributed by atoms with Crippen LogP contribution in [0.25, 0.3) is 0 Å². The predicted molar refractivity (Wildman–Crippen MR) is 68.5 cm³/mol. The third kappa shape index (κ3) is 5.14. The summed E-state index contributed by atoms with van der Waals surface area (Å²) in [6.07, 6.45) is -6.54. The van der Waals surface area contributed by atoms with Crippen molar-refractivity contribution in [3.63, 3.8) is 0 Å². The van der Waals surface area contributed by atoms with Gasteiger partial charge in [0.05, 0.1) is 6.61 Å². The van der Waals surface area contributed by atoms with Crippen molar-refractivity contribution in [3.8, 4) is 0 Å². The molecular formula is C12H23NO7. The summed E-state index contributed by atoms with van der Waals surface area (Å²) in [6.45, 7) is 2.65. The molecule has 6 atom stereocenters. The molecule has 0 aliphatic carbocycles. The number of ether oxygens (including phenoxy) is 1. The molecule has 118 valence electrons. The van der Waals surface area contributed by atoms with Crippen molar-refractivity contribution >= 4 is 12.3 Å². The third-order valence-corrected chi connectivity index (χ3v) is 3.11. The normalized spacial score (nSPS) is 21.0. The van der Waals surface area contributed by atoms with Gasteiger partial charge in [0.2, 0.25) is 0 Å². The number of esters is 1. The zero-order valence-corrected chi connectivity index (χ0v) is 11.5. The van der Waals surface area contributed by atoms with Crippen LogP contribution in [0.1, 0.15) is 20.3 Å². The molecule has 0 aromatic rings. The van der Waals surface area contributed by atoms with E-state index in [0.29, 0.717) is 6.42 Å². The topological polar surface area (TPSA) is 150 Å². The minimum absolute atomic E-state index is 0.0393. The van der Waals surface area contributed by atoms with Gasteiger partial charge in [0.25, 0.3) is 0 Å². The van der Waals surface area contributed by atoms with Crippen LogP contribution in [0.15, 0.2) is 0 Å². The van der Waals surface area contributed by atoms with Crippen LogP contribution in [0.5, 0.6) is 0 Å². The Balaban J connectivity index is 5.04. The third-order valence-electron chi connectivity index (χ3n) is 3.11. The summed E-state index contributed by atoms with van der Waals surface area (Å²) >= 11 is 0. The lowest BCUT2D eigenvalue weighted by Gasteiger charge is -2.29. The van der Waals surface area contributed by atoms with E-state index in [1.54, 1.807) is 13.8 Å². The Bertz CT molecular complexity index is 331. The van der Waals surface area contributed by atoms with E-state index in [4.69, 9.17) is 11.3 Å². The molecule has 20 heavy (non-hydrogen) atoms. The van der Waals surface area contributed by atoms with E-state index in [0.717, 1.165) is 0 Å². The smallest absolute Gasteiger partial charge is 0.323 e. The summed E-state index contributed by atoms with van der Waals surface area (Å²) in [5.41, 5.74) is 2.01. The van der Waals surface area contributed by atoms with Gasteiger partial charge in [-0.25, -0.2) is 0 Å². The molecule has 8 heteroatoms. The van der Waals surface area contributed by atoms with Gasteiger partial charge < -0.3 is 35.7 Å². The Labute approximate surface area is 118 Å². The second-order valence-electron chi connectivity index (χ2n) is 4.63. The Kier molecular flexibility index (Phi) is 7.63. The first kappa shape index (κ1) is 17.0. The van der Waals surface area contributed by atoms with E-state index in [2.05, 4.69) is 0 Å². The molecule has 0 aromatic carbocycles. The Morgan fingerprint density at radius 2 is 2.05 bits per heavy atom. The number of aliphatic hydroxyl groups is 4. The van der Waals surface area contributed by atoms with E-state index in [1.165, 1.54) is 0 Å². The van der Waals surface area contributed by atoms with Crippen LogP contribution < -0.4 is 5.73 Å². The second kappa shape index (κ2) is 8.98. The van der Waals surface area contributed by atoms with Crippen molar-refractivity contribution in [2.24, 2.45) is 11.6 Å². The Morgan fingerprint density at radius 1 is 1.45 bits per heavy atom. The fraction of sp³-hybridized carbons (Fsp3) is 0.833. The van der Waals surface area contributed by atoms with Crippen molar-refractivity contribution in [1.29, 1.82) is 0 Å². The number of aldehydes is 1. The molecule has 6 N–H and O–H groups in total. The van der Waals surface area contributed by atoms with Crippen LogP contribution in [-0.2, 0) is 14.3 Å². The summed E-state index contributed by atoms with van der Waals surface area (Å²) in [6, 6.07) is -1.02.